The number of nitrogens with zero attached hydrogens (tertiary/aromatic N) is 1. The van der Waals surface area contributed by atoms with E-state index in [1.165, 1.54) is 0 Å². The van der Waals surface area contributed by atoms with Crippen LogP contribution >= 0.6 is 52.3 Å². The Balaban J connectivity index is 0.00000220. The monoisotopic (exact) mass is 442 g/mol. The zero-order valence-corrected chi connectivity index (χ0v) is 15.5. The number of rotatable bonds is 3. The summed E-state index contributed by atoms with van der Waals surface area (Å²) in [6.45, 7) is 2.65. The highest BCUT2D eigenvalue weighted by atomic mass is 79.9. The summed E-state index contributed by atoms with van der Waals surface area (Å²) in [7, 11) is 0. The third-order valence-electron chi connectivity index (χ3n) is 3.35. The Bertz CT molecular complexity index is 468. The largest absolute Gasteiger partial charge is 0.390 e. The molecule has 0 aliphatic carbocycles. The summed E-state index contributed by atoms with van der Waals surface area (Å²) < 4.78 is 39.2. The van der Waals surface area contributed by atoms with E-state index in [1.54, 1.807) is 18.2 Å². The topological polar surface area (TPSA) is 15.3 Å². The Morgan fingerprint density at radius 3 is 2.32 bits per heavy atom. The normalized spacial score (nSPS) is 17.3. The van der Waals surface area contributed by atoms with E-state index >= 15 is 0 Å². The molecule has 0 amide bonds. The Morgan fingerprint density at radius 2 is 1.82 bits per heavy atom. The quantitative estimate of drug-likeness (QED) is 0.718. The average molecular weight is 445 g/mol. The highest BCUT2D eigenvalue weighted by molar-refractivity contribution is 9.10. The van der Waals surface area contributed by atoms with Crippen LogP contribution in [-0.2, 0) is 0 Å². The van der Waals surface area contributed by atoms with Gasteiger partial charge in [0.25, 0.3) is 0 Å². The van der Waals surface area contributed by atoms with Crippen LogP contribution in [0.5, 0.6) is 0 Å². The molecule has 1 atom stereocenters. The van der Waals surface area contributed by atoms with Gasteiger partial charge in [0.2, 0.25) is 0 Å². The van der Waals surface area contributed by atoms with Gasteiger partial charge in [-0.15, -0.1) is 24.8 Å². The fraction of sp³-hybridized carbons (Fsp3) is 0.538. The maximum atomic E-state index is 12.8. The number of benzene rings is 1. The molecule has 1 aliphatic heterocycles. The van der Waals surface area contributed by atoms with Gasteiger partial charge in [-0.3, -0.25) is 4.90 Å². The van der Waals surface area contributed by atoms with Gasteiger partial charge in [0, 0.05) is 36.7 Å². The Morgan fingerprint density at radius 1 is 1.23 bits per heavy atom. The van der Waals surface area contributed by atoms with Gasteiger partial charge in [-0.25, -0.2) is 0 Å². The van der Waals surface area contributed by atoms with Crippen LogP contribution in [0, 0.1) is 0 Å². The molecule has 1 aliphatic rings. The maximum absolute atomic E-state index is 12.8. The standard InChI is InChI=1S/C13H15BrClF3N2.2ClH/c14-10-7-9(1-2-11(10)15)12(8-13(16,17)18)20-5-3-19-4-6-20;;/h1-2,7,12,19H,3-6,8H2;2*1H/t12-;;/m0../s1. The number of piperazine rings is 1. The van der Waals surface area contributed by atoms with Crippen molar-refractivity contribution < 1.29 is 13.2 Å². The molecule has 0 spiro atoms. The van der Waals surface area contributed by atoms with Gasteiger partial charge in [0.1, 0.15) is 0 Å². The molecule has 1 fully saturated rings. The highest BCUT2D eigenvalue weighted by Gasteiger charge is 2.36. The second kappa shape index (κ2) is 9.55. The first kappa shape index (κ1) is 22.3. The van der Waals surface area contributed by atoms with Gasteiger partial charge in [-0.2, -0.15) is 13.2 Å². The van der Waals surface area contributed by atoms with Crippen molar-refractivity contribution in [3.05, 3.63) is 33.3 Å². The number of nitrogens with one attached hydrogen (secondary N) is 1. The predicted molar refractivity (Wildman–Crippen MR) is 91.5 cm³/mol. The lowest BCUT2D eigenvalue weighted by Crippen LogP contribution is -2.46. The van der Waals surface area contributed by atoms with Crippen LogP contribution in [0.3, 0.4) is 0 Å². The third kappa shape index (κ3) is 6.42. The fourth-order valence-corrected chi connectivity index (χ4v) is 2.90. The average Bonchev–Trinajstić information content (AvgIpc) is 2.39. The molecule has 1 aromatic carbocycles. The molecule has 0 aromatic heterocycles. The molecule has 9 heteroatoms. The molecule has 2 rings (SSSR count). The van der Waals surface area contributed by atoms with Gasteiger partial charge in [0.15, 0.2) is 0 Å². The fourth-order valence-electron chi connectivity index (χ4n) is 2.39. The second-order valence-electron chi connectivity index (χ2n) is 4.79. The third-order valence-corrected chi connectivity index (χ3v) is 4.56. The number of halogens is 7. The molecule has 0 unspecified atom stereocenters. The summed E-state index contributed by atoms with van der Waals surface area (Å²) in [5.74, 6) is 0. The Hall–Kier alpha value is 0.280. The minimum atomic E-state index is -4.19. The summed E-state index contributed by atoms with van der Waals surface area (Å²) in [5.41, 5.74) is 0.639. The second-order valence-corrected chi connectivity index (χ2v) is 6.06. The Labute approximate surface area is 153 Å². The summed E-state index contributed by atoms with van der Waals surface area (Å²) in [5, 5.41) is 3.65. The molecular weight excluding hydrogens is 427 g/mol. The lowest BCUT2D eigenvalue weighted by Gasteiger charge is -2.35. The number of hydrogen-bond donors (Lipinski definition) is 1. The molecule has 0 saturated carbocycles. The molecule has 1 N–H and O–H groups in total. The van der Waals surface area contributed by atoms with Crippen LogP contribution in [0.2, 0.25) is 5.02 Å². The summed E-state index contributed by atoms with van der Waals surface area (Å²) in [6, 6.07) is 4.32. The number of hydrogen-bond acceptors (Lipinski definition) is 2. The molecule has 22 heavy (non-hydrogen) atoms. The first-order valence-corrected chi connectivity index (χ1v) is 7.50. The van der Waals surface area contributed by atoms with Crippen molar-refractivity contribution in [2.24, 2.45) is 0 Å². The van der Waals surface area contributed by atoms with E-state index in [0.717, 1.165) is 0 Å². The SMILES string of the molecule is Cl.Cl.FC(F)(F)C[C@@H](c1ccc(Cl)c(Br)c1)N1CCNCC1. The van der Waals surface area contributed by atoms with Crippen LogP contribution in [0.4, 0.5) is 13.2 Å². The minimum Gasteiger partial charge on any atom is -0.314 e. The molecule has 0 bridgehead atoms. The first-order chi connectivity index (χ1) is 9.37. The van der Waals surface area contributed by atoms with E-state index in [4.69, 9.17) is 11.6 Å². The van der Waals surface area contributed by atoms with E-state index < -0.39 is 18.6 Å². The van der Waals surface area contributed by atoms with Crippen molar-refractivity contribution in [1.82, 2.24) is 10.2 Å². The summed E-state index contributed by atoms with van der Waals surface area (Å²) in [6.07, 6.45) is -5.04. The lowest BCUT2D eigenvalue weighted by atomic mass is 10.0. The maximum Gasteiger partial charge on any atom is 0.390 e. The zero-order valence-electron chi connectivity index (χ0n) is 11.5. The van der Waals surface area contributed by atoms with Crippen LogP contribution in [0.1, 0.15) is 18.0 Å². The molecule has 128 valence electrons. The van der Waals surface area contributed by atoms with Gasteiger partial charge >= 0.3 is 6.18 Å². The van der Waals surface area contributed by atoms with E-state index in [1.807, 2.05) is 4.90 Å². The zero-order chi connectivity index (χ0) is 14.8. The van der Waals surface area contributed by atoms with Crippen molar-refractivity contribution in [3.8, 4) is 0 Å². The van der Waals surface area contributed by atoms with Crippen LogP contribution < -0.4 is 5.32 Å². The first-order valence-electron chi connectivity index (χ1n) is 6.33. The van der Waals surface area contributed by atoms with Crippen molar-refractivity contribution in [2.75, 3.05) is 26.2 Å². The van der Waals surface area contributed by atoms with Crippen molar-refractivity contribution >= 4 is 52.3 Å². The molecule has 2 nitrogen and oxygen atoms in total. The van der Waals surface area contributed by atoms with Gasteiger partial charge in [-0.1, -0.05) is 17.7 Å². The van der Waals surface area contributed by atoms with Gasteiger partial charge in [-0.05, 0) is 33.6 Å². The molecular formula is C13H17BrCl3F3N2. The van der Waals surface area contributed by atoms with Crippen molar-refractivity contribution in [2.45, 2.75) is 18.6 Å². The minimum absolute atomic E-state index is 0. The molecule has 1 heterocycles. The van der Waals surface area contributed by atoms with Crippen molar-refractivity contribution in [3.63, 3.8) is 0 Å². The highest BCUT2D eigenvalue weighted by Crippen LogP contribution is 2.36. The van der Waals surface area contributed by atoms with Crippen molar-refractivity contribution in [1.29, 1.82) is 0 Å². The molecule has 1 saturated heterocycles. The van der Waals surface area contributed by atoms with Crippen LogP contribution in [-0.4, -0.2) is 37.3 Å². The van der Waals surface area contributed by atoms with E-state index in [9.17, 15) is 13.2 Å². The van der Waals surface area contributed by atoms with Gasteiger partial charge < -0.3 is 5.32 Å². The summed E-state index contributed by atoms with van der Waals surface area (Å²) in [4.78, 5) is 1.87. The van der Waals surface area contributed by atoms with E-state index in [-0.39, 0.29) is 24.8 Å². The van der Waals surface area contributed by atoms with E-state index in [2.05, 4.69) is 21.2 Å². The molecule has 0 radical (unpaired) electrons. The number of alkyl halides is 3. The van der Waals surface area contributed by atoms with Gasteiger partial charge in [0.05, 0.1) is 11.4 Å². The van der Waals surface area contributed by atoms with E-state index in [0.29, 0.717) is 41.2 Å². The lowest BCUT2D eigenvalue weighted by molar-refractivity contribution is -0.148. The molecule has 1 aromatic rings. The summed E-state index contributed by atoms with van der Waals surface area (Å²) >= 11 is 9.19. The van der Waals surface area contributed by atoms with Crippen LogP contribution in [0.15, 0.2) is 22.7 Å². The predicted octanol–water partition coefficient (Wildman–Crippen LogP) is 4.84. The van der Waals surface area contributed by atoms with Crippen LogP contribution in [0.25, 0.3) is 0 Å². The smallest absolute Gasteiger partial charge is 0.314 e. The Kier molecular flexibility index (Phi) is 9.67.